The molecule has 0 unspecified atom stereocenters. The van der Waals surface area contributed by atoms with Crippen molar-refractivity contribution in [3.63, 3.8) is 0 Å². The number of fused-ring (bicyclic) bond motifs is 3. The van der Waals surface area contributed by atoms with Gasteiger partial charge in [0.15, 0.2) is 0 Å². The van der Waals surface area contributed by atoms with Crippen molar-refractivity contribution in [1.29, 1.82) is 0 Å². The van der Waals surface area contributed by atoms with Gasteiger partial charge in [-0.1, -0.05) is 170 Å². The van der Waals surface area contributed by atoms with Crippen LogP contribution in [0, 0.1) is 0 Å². The molecule has 3 aromatic heterocycles. The van der Waals surface area contributed by atoms with Crippen molar-refractivity contribution in [2.24, 2.45) is 0 Å². The SMILES string of the molecule is c1ccc(-c2cc(-c3ccccc3)c3ccc4c(-c5ccc(-c6ccc7ccc8ccc(-c9ccccn9)nc8c7n6)cc5)cc(-c5ccccc5)c5ccc2c3c54)cc1. The lowest BCUT2D eigenvalue weighted by Crippen LogP contribution is -1.94. The molecule has 278 valence electrons. The molecule has 0 aliphatic rings. The predicted molar refractivity (Wildman–Crippen MR) is 251 cm³/mol. The zero-order chi connectivity index (χ0) is 39.6. The predicted octanol–water partition coefficient (Wildman–Crippen LogP) is 15.1. The van der Waals surface area contributed by atoms with Crippen LogP contribution in [0.4, 0.5) is 0 Å². The van der Waals surface area contributed by atoms with Gasteiger partial charge in [0, 0.05) is 22.5 Å². The molecule has 12 rings (SSSR count). The number of hydrogen-bond donors (Lipinski definition) is 0. The monoisotopic (exact) mass is 761 g/mol. The Morgan fingerprint density at radius 1 is 0.267 bits per heavy atom. The maximum Gasteiger partial charge on any atom is 0.0973 e. The second kappa shape index (κ2) is 13.8. The molecular weight excluding hydrogens is 727 g/mol. The van der Waals surface area contributed by atoms with E-state index in [1.807, 2.05) is 24.3 Å². The molecule has 60 heavy (non-hydrogen) atoms. The Kier molecular flexibility index (Phi) is 7.85. The van der Waals surface area contributed by atoms with Crippen molar-refractivity contribution >= 4 is 54.1 Å². The Bertz CT molecular complexity index is 3490. The van der Waals surface area contributed by atoms with Gasteiger partial charge in [0.05, 0.1) is 28.1 Å². The van der Waals surface area contributed by atoms with E-state index in [2.05, 4.69) is 187 Å². The zero-order valence-electron chi connectivity index (χ0n) is 32.5. The number of nitrogens with zero attached hydrogens (tertiary/aromatic N) is 3. The minimum atomic E-state index is 0.836. The Hall–Kier alpha value is -8.01. The normalized spacial score (nSPS) is 11.7. The molecule has 0 aliphatic heterocycles. The Labute approximate surface area is 347 Å². The van der Waals surface area contributed by atoms with Crippen molar-refractivity contribution in [1.82, 2.24) is 15.0 Å². The summed E-state index contributed by atoms with van der Waals surface area (Å²) in [4.78, 5) is 14.9. The molecule has 0 N–H and O–H groups in total. The summed E-state index contributed by atoms with van der Waals surface area (Å²) in [6.07, 6.45) is 1.80. The van der Waals surface area contributed by atoms with E-state index in [0.29, 0.717) is 0 Å². The van der Waals surface area contributed by atoms with Gasteiger partial charge in [0.1, 0.15) is 0 Å². The maximum atomic E-state index is 5.25. The van der Waals surface area contributed by atoms with Crippen molar-refractivity contribution in [3.05, 3.63) is 212 Å². The van der Waals surface area contributed by atoms with E-state index in [9.17, 15) is 0 Å². The van der Waals surface area contributed by atoms with Gasteiger partial charge in [-0.15, -0.1) is 0 Å². The third-order valence-corrected chi connectivity index (χ3v) is 12.1. The van der Waals surface area contributed by atoms with E-state index >= 15 is 0 Å². The summed E-state index contributed by atoms with van der Waals surface area (Å²) in [6, 6.07) is 74.1. The smallest absolute Gasteiger partial charge is 0.0973 e. The van der Waals surface area contributed by atoms with Gasteiger partial charge < -0.3 is 0 Å². The molecule has 9 aromatic carbocycles. The van der Waals surface area contributed by atoms with Crippen molar-refractivity contribution in [3.8, 4) is 67.2 Å². The highest BCUT2D eigenvalue weighted by molar-refractivity contribution is 6.32. The van der Waals surface area contributed by atoms with Gasteiger partial charge in [0.2, 0.25) is 0 Å². The molecular formula is C57H35N3. The van der Waals surface area contributed by atoms with Crippen LogP contribution in [0.5, 0.6) is 0 Å². The van der Waals surface area contributed by atoms with E-state index in [4.69, 9.17) is 9.97 Å². The zero-order valence-corrected chi connectivity index (χ0v) is 32.5. The van der Waals surface area contributed by atoms with Crippen molar-refractivity contribution in [2.75, 3.05) is 0 Å². The molecule has 12 aromatic rings. The molecule has 3 heteroatoms. The minimum absolute atomic E-state index is 0.836. The maximum absolute atomic E-state index is 5.25. The summed E-state index contributed by atoms with van der Waals surface area (Å²) in [5, 5.41) is 9.72. The van der Waals surface area contributed by atoms with Crippen LogP contribution in [0.1, 0.15) is 0 Å². The van der Waals surface area contributed by atoms with Crippen LogP contribution in [0.15, 0.2) is 212 Å². The number of benzene rings is 9. The van der Waals surface area contributed by atoms with Crippen molar-refractivity contribution < 1.29 is 0 Å². The number of pyridine rings is 3. The van der Waals surface area contributed by atoms with Crippen LogP contribution in [0.3, 0.4) is 0 Å². The van der Waals surface area contributed by atoms with Crippen LogP contribution in [0.25, 0.3) is 121 Å². The second-order valence-electron chi connectivity index (χ2n) is 15.5. The molecule has 0 aliphatic carbocycles. The summed E-state index contributed by atoms with van der Waals surface area (Å²) in [7, 11) is 0. The Morgan fingerprint density at radius 3 is 1.10 bits per heavy atom. The first-order valence-corrected chi connectivity index (χ1v) is 20.4. The molecule has 0 amide bonds. The fourth-order valence-corrected chi connectivity index (χ4v) is 9.21. The van der Waals surface area contributed by atoms with E-state index in [0.717, 1.165) is 50.0 Å². The number of rotatable bonds is 6. The van der Waals surface area contributed by atoms with Crippen LogP contribution in [-0.2, 0) is 0 Å². The first kappa shape index (κ1) is 34.1. The average Bonchev–Trinajstić information content (AvgIpc) is 3.33. The van der Waals surface area contributed by atoms with E-state index < -0.39 is 0 Å². The van der Waals surface area contributed by atoms with Gasteiger partial charge in [0.25, 0.3) is 0 Å². The fraction of sp³-hybridized carbons (Fsp3) is 0. The third-order valence-electron chi connectivity index (χ3n) is 12.1. The molecule has 0 atom stereocenters. The number of hydrogen-bond acceptors (Lipinski definition) is 3. The first-order chi connectivity index (χ1) is 29.7. The molecule has 0 saturated heterocycles. The average molecular weight is 762 g/mol. The molecule has 3 heterocycles. The van der Waals surface area contributed by atoms with E-state index in [1.165, 1.54) is 71.3 Å². The van der Waals surface area contributed by atoms with Gasteiger partial charge in [-0.25, -0.2) is 9.97 Å². The highest BCUT2D eigenvalue weighted by Crippen LogP contribution is 2.48. The topological polar surface area (TPSA) is 38.7 Å². The first-order valence-electron chi connectivity index (χ1n) is 20.4. The standard InChI is InChI=1S/C57H35N3/c1-4-12-36(13-5-1)47-34-48(37-14-6-2-7-15-37)44-29-30-46-50(35-49(38-16-8-3-9-17-38)45-28-27-43(47)54(44)55(45)46)39-19-21-40(22-20-39)51-31-25-41-23-24-42-26-32-53(52-18-10-11-33-58-52)60-57(42)56(41)59-51/h1-35H. The van der Waals surface area contributed by atoms with Gasteiger partial charge in [-0.3, -0.25) is 4.98 Å². The van der Waals surface area contributed by atoms with E-state index in [-0.39, 0.29) is 0 Å². The lowest BCUT2D eigenvalue weighted by molar-refractivity contribution is 1.27. The van der Waals surface area contributed by atoms with Crippen LogP contribution < -0.4 is 0 Å². The van der Waals surface area contributed by atoms with E-state index in [1.54, 1.807) is 6.20 Å². The Morgan fingerprint density at radius 2 is 0.650 bits per heavy atom. The molecule has 0 fully saturated rings. The highest BCUT2D eigenvalue weighted by Gasteiger charge is 2.21. The molecule has 0 radical (unpaired) electrons. The Balaban J connectivity index is 1.06. The summed E-state index contributed by atoms with van der Waals surface area (Å²) in [5.74, 6) is 0. The fourth-order valence-electron chi connectivity index (χ4n) is 9.21. The lowest BCUT2D eigenvalue weighted by Gasteiger charge is -2.21. The quantitative estimate of drug-likeness (QED) is 0.158. The second-order valence-corrected chi connectivity index (χ2v) is 15.5. The highest BCUT2D eigenvalue weighted by atomic mass is 14.8. The molecule has 0 saturated carbocycles. The van der Waals surface area contributed by atoms with Crippen LogP contribution >= 0.6 is 0 Å². The minimum Gasteiger partial charge on any atom is -0.255 e. The lowest BCUT2D eigenvalue weighted by atomic mass is 9.82. The van der Waals surface area contributed by atoms with Crippen molar-refractivity contribution in [2.45, 2.75) is 0 Å². The van der Waals surface area contributed by atoms with Gasteiger partial charge in [-0.05, 0) is 113 Å². The summed E-state index contributed by atoms with van der Waals surface area (Å²) in [5.41, 5.74) is 15.1. The summed E-state index contributed by atoms with van der Waals surface area (Å²) >= 11 is 0. The summed E-state index contributed by atoms with van der Waals surface area (Å²) in [6.45, 7) is 0. The number of aromatic nitrogens is 3. The van der Waals surface area contributed by atoms with Crippen LogP contribution in [0.2, 0.25) is 0 Å². The molecule has 0 spiro atoms. The molecule has 3 nitrogen and oxygen atoms in total. The van der Waals surface area contributed by atoms with Gasteiger partial charge >= 0.3 is 0 Å². The third kappa shape index (κ3) is 5.55. The largest absolute Gasteiger partial charge is 0.255 e. The summed E-state index contributed by atoms with van der Waals surface area (Å²) < 4.78 is 0. The van der Waals surface area contributed by atoms with Gasteiger partial charge in [-0.2, -0.15) is 0 Å². The van der Waals surface area contributed by atoms with Crippen LogP contribution in [-0.4, -0.2) is 15.0 Å². The molecule has 0 bridgehead atoms.